The van der Waals surface area contributed by atoms with Gasteiger partial charge < -0.3 is 4.90 Å². The van der Waals surface area contributed by atoms with Crippen molar-refractivity contribution in [1.29, 1.82) is 0 Å². The van der Waals surface area contributed by atoms with Crippen LogP contribution in [0.25, 0.3) is 0 Å². The molecule has 1 nitrogen and oxygen atoms in total. The maximum atomic E-state index is 5.65. The first-order chi connectivity index (χ1) is 6.77. The van der Waals surface area contributed by atoms with Crippen molar-refractivity contribution in [3.05, 3.63) is 24.3 Å². The van der Waals surface area contributed by atoms with E-state index in [-0.39, 0.29) is 0 Å². The van der Waals surface area contributed by atoms with Gasteiger partial charge in [-0.3, -0.25) is 0 Å². The van der Waals surface area contributed by atoms with Crippen LogP contribution in [-0.4, -0.2) is 25.7 Å². The molecular formula is C11H16ClNS. The molecular weight excluding hydrogens is 214 g/mol. The fourth-order valence-electron chi connectivity index (χ4n) is 1.26. The van der Waals surface area contributed by atoms with E-state index in [9.17, 15) is 0 Å². The highest BCUT2D eigenvalue weighted by atomic mass is 35.5. The molecule has 78 valence electrons. The summed E-state index contributed by atoms with van der Waals surface area (Å²) in [5.74, 6) is 0.729. The third-order valence-electron chi connectivity index (χ3n) is 2.14. The summed E-state index contributed by atoms with van der Waals surface area (Å²) in [6.45, 7) is 1.02. The van der Waals surface area contributed by atoms with Gasteiger partial charge in [0.05, 0.1) is 0 Å². The van der Waals surface area contributed by atoms with Crippen LogP contribution in [0.3, 0.4) is 0 Å². The highest BCUT2D eigenvalue weighted by Crippen LogP contribution is 2.19. The second-order valence-electron chi connectivity index (χ2n) is 3.16. The molecule has 0 unspecified atom stereocenters. The number of hydrogen-bond donors (Lipinski definition) is 0. The lowest BCUT2D eigenvalue weighted by Gasteiger charge is -2.18. The van der Waals surface area contributed by atoms with Crippen LogP contribution < -0.4 is 4.90 Å². The minimum atomic E-state index is 0.729. The number of nitrogens with zero attached hydrogens (tertiary/aromatic N) is 1. The van der Waals surface area contributed by atoms with Crippen LogP contribution >= 0.6 is 23.4 Å². The molecule has 0 bridgehead atoms. The van der Waals surface area contributed by atoms with E-state index in [0.29, 0.717) is 0 Å². The van der Waals surface area contributed by atoms with Crippen molar-refractivity contribution in [1.82, 2.24) is 0 Å². The van der Waals surface area contributed by atoms with Crippen molar-refractivity contribution in [2.24, 2.45) is 0 Å². The van der Waals surface area contributed by atoms with Crippen molar-refractivity contribution in [2.75, 3.05) is 30.6 Å². The summed E-state index contributed by atoms with van der Waals surface area (Å²) < 4.78 is 0. The van der Waals surface area contributed by atoms with Gasteiger partial charge in [0.15, 0.2) is 0 Å². The Balaban J connectivity index is 2.57. The number of benzene rings is 1. The average molecular weight is 230 g/mol. The Hall–Kier alpha value is -0.340. The molecule has 1 aromatic rings. The second kappa shape index (κ2) is 6.20. The summed E-state index contributed by atoms with van der Waals surface area (Å²) in [4.78, 5) is 3.53. The van der Waals surface area contributed by atoms with E-state index in [1.54, 1.807) is 11.8 Å². The Bertz CT molecular complexity index is 260. The quantitative estimate of drug-likeness (QED) is 0.562. The summed E-state index contributed by atoms with van der Waals surface area (Å²) in [7, 11) is 2.10. The average Bonchev–Trinajstić information content (AvgIpc) is 2.26. The van der Waals surface area contributed by atoms with Gasteiger partial charge in [0, 0.05) is 30.1 Å². The molecule has 0 aromatic heterocycles. The van der Waals surface area contributed by atoms with Gasteiger partial charge in [0.2, 0.25) is 0 Å². The van der Waals surface area contributed by atoms with Crippen LogP contribution in [0.5, 0.6) is 0 Å². The predicted octanol–water partition coefficient (Wildman–Crippen LogP) is 3.47. The minimum absolute atomic E-state index is 0.729. The molecule has 0 saturated heterocycles. The Morgan fingerprint density at radius 1 is 1.29 bits per heavy atom. The maximum absolute atomic E-state index is 5.65. The summed E-state index contributed by atoms with van der Waals surface area (Å²) in [6.07, 6.45) is 3.12. The Labute approximate surface area is 95.4 Å². The van der Waals surface area contributed by atoms with Crippen LogP contribution in [0, 0.1) is 0 Å². The number of hydrogen-bond acceptors (Lipinski definition) is 2. The van der Waals surface area contributed by atoms with E-state index in [1.807, 2.05) is 0 Å². The van der Waals surface area contributed by atoms with Gasteiger partial charge in [0.25, 0.3) is 0 Å². The molecule has 1 aromatic carbocycles. The van der Waals surface area contributed by atoms with Crippen LogP contribution in [0.1, 0.15) is 6.42 Å². The fourth-order valence-corrected chi connectivity index (χ4v) is 1.79. The number of thioether (sulfide) groups is 1. The van der Waals surface area contributed by atoms with Gasteiger partial charge in [-0.1, -0.05) is 0 Å². The molecule has 0 fully saturated rings. The van der Waals surface area contributed by atoms with Gasteiger partial charge in [-0.2, -0.15) is 0 Å². The zero-order valence-corrected chi connectivity index (χ0v) is 10.2. The molecule has 14 heavy (non-hydrogen) atoms. The largest absolute Gasteiger partial charge is 0.375 e. The summed E-state index contributed by atoms with van der Waals surface area (Å²) >= 11 is 7.42. The summed E-state index contributed by atoms with van der Waals surface area (Å²) in [5.41, 5.74) is 1.26. The molecule has 0 spiro atoms. The molecule has 0 atom stereocenters. The van der Waals surface area contributed by atoms with E-state index in [2.05, 4.69) is 42.5 Å². The third kappa shape index (κ3) is 3.43. The molecule has 0 saturated carbocycles. The Morgan fingerprint density at radius 3 is 2.43 bits per heavy atom. The molecule has 0 aliphatic heterocycles. The van der Waals surface area contributed by atoms with Crippen molar-refractivity contribution < 1.29 is 0 Å². The standard InChI is InChI=1S/C11H16ClNS/c1-13(9-3-8-12)10-4-6-11(14-2)7-5-10/h4-7H,3,8-9H2,1-2H3. The number of halogens is 1. The lowest BCUT2D eigenvalue weighted by Crippen LogP contribution is -2.18. The topological polar surface area (TPSA) is 3.24 Å². The van der Waals surface area contributed by atoms with E-state index >= 15 is 0 Å². The zero-order valence-electron chi connectivity index (χ0n) is 8.66. The van der Waals surface area contributed by atoms with Crippen LogP contribution in [-0.2, 0) is 0 Å². The molecule has 0 radical (unpaired) electrons. The van der Waals surface area contributed by atoms with Gasteiger partial charge in [-0.25, -0.2) is 0 Å². The van der Waals surface area contributed by atoms with Gasteiger partial charge in [-0.15, -0.1) is 23.4 Å². The SMILES string of the molecule is CSc1ccc(N(C)CCCCl)cc1. The normalized spacial score (nSPS) is 10.2. The Kier molecular flexibility index (Phi) is 5.20. The molecule has 1 rings (SSSR count). The lowest BCUT2D eigenvalue weighted by atomic mass is 10.3. The van der Waals surface area contributed by atoms with Crippen LogP contribution in [0.15, 0.2) is 29.2 Å². The Morgan fingerprint density at radius 2 is 1.93 bits per heavy atom. The van der Waals surface area contributed by atoms with Crippen molar-refractivity contribution in [3.63, 3.8) is 0 Å². The molecule has 0 aliphatic rings. The van der Waals surface area contributed by atoms with Gasteiger partial charge >= 0.3 is 0 Å². The van der Waals surface area contributed by atoms with E-state index < -0.39 is 0 Å². The van der Waals surface area contributed by atoms with Gasteiger partial charge in [-0.05, 0) is 36.9 Å². The second-order valence-corrected chi connectivity index (χ2v) is 4.42. The smallest absolute Gasteiger partial charge is 0.0364 e. The molecule has 3 heteroatoms. The first-order valence-corrected chi connectivity index (χ1v) is 6.45. The third-order valence-corrected chi connectivity index (χ3v) is 3.15. The van der Waals surface area contributed by atoms with Crippen molar-refractivity contribution in [2.45, 2.75) is 11.3 Å². The maximum Gasteiger partial charge on any atom is 0.0364 e. The summed E-state index contributed by atoms with van der Waals surface area (Å²) in [6, 6.07) is 8.61. The van der Waals surface area contributed by atoms with Gasteiger partial charge in [0.1, 0.15) is 0 Å². The molecule has 0 aliphatic carbocycles. The van der Waals surface area contributed by atoms with Crippen molar-refractivity contribution in [3.8, 4) is 0 Å². The first-order valence-electron chi connectivity index (χ1n) is 4.69. The number of rotatable bonds is 5. The fraction of sp³-hybridized carbons (Fsp3) is 0.455. The number of alkyl halides is 1. The first kappa shape index (κ1) is 11.7. The molecule has 0 N–H and O–H groups in total. The van der Waals surface area contributed by atoms with E-state index in [0.717, 1.165) is 18.8 Å². The van der Waals surface area contributed by atoms with E-state index in [1.165, 1.54) is 10.6 Å². The van der Waals surface area contributed by atoms with E-state index in [4.69, 9.17) is 11.6 Å². The zero-order chi connectivity index (χ0) is 10.4. The highest BCUT2D eigenvalue weighted by molar-refractivity contribution is 7.98. The van der Waals surface area contributed by atoms with Crippen LogP contribution in [0.2, 0.25) is 0 Å². The minimum Gasteiger partial charge on any atom is -0.375 e. The highest BCUT2D eigenvalue weighted by Gasteiger charge is 1.99. The lowest BCUT2D eigenvalue weighted by molar-refractivity contribution is 0.856. The monoisotopic (exact) mass is 229 g/mol. The number of anilines is 1. The summed E-state index contributed by atoms with van der Waals surface area (Å²) in [5, 5.41) is 0. The molecule has 0 heterocycles. The van der Waals surface area contributed by atoms with Crippen molar-refractivity contribution >= 4 is 29.1 Å². The van der Waals surface area contributed by atoms with Crippen LogP contribution in [0.4, 0.5) is 5.69 Å². The molecule has 0 amide bonds. The predicted molar refractivity (Wildman–Crippen MR) is 66.8 cm³/mol.